The third kappa shape index (κ3) is 3.89. The Morgan fingerprint density at radius 2 is 1.94 bits per heavy atom. The van der Waals surface area contributed by atoms with Gasteiger partial charge in [0, 0.05) is 21.6 Å². The average molecular weight is 341 g/mol. The highest BCUT2D eigenvalue weighted by molar-refractivity contribution is 14.1. The van der Waals surface area contributed by atoms with Crippen molar-refractivity contribution in [3.05, 3.63) is 63.1 Å². The first kappa shape index (κ1) is 12.2. The second-order valence-electron chi connectivity index (χ2n) is 3.62. The van der Waals surface area contributed by atoms with Crippen molar-refractivity contribution in [2.45, 2.75) is 6.42 Å². The molecule has 0 spiro atoms. The molecule has 0 fully saturated rings. The third-order valence-electron chi connectivity index (χ3n) is 2.31. The molecule has 0 atom stereocenters. The number of nitrogens with zero attached hydrogens (tertiary/aromatic N) is 1. The number of hydrogen-bond acceptors (Lipinski definition) is 2. The van der Waals surface area contributed by atoms with Crippen LogP contribution in [0, 0.1) is 8.78 Å². The van der Waals surface area contributed by atoms with Crippen LogP contribution < -0.4 is 9.47 Å². The quantitative estimate of drug-likeness (QED) is 0.487. The van der Waals surface area contributed by atoms with Crippen molar-refractivity contribution in [3.63, 3.8) is 0 Å². The van der Waals surface area contributed by atoms with Crippen LogP contribution in [-0.4, -0.2) is 6.61 Å². The SMILES string of the molecule is [O-][n+]1cccc(CCOc2ccc(I)cc2)c1. The van der Waals surface area contributed by atoms with Crippen molar-refractivity contribution in [2.75, 3.05) is 6.61 Å². The van der Waals surface area contributed by atoms with E-state index in [1.807, 2.05) is 30.3 Å². The maximum absolute atomic E-state index is 11.0. The first-order valence-electron chi connectivity index (χ1n) is 5.30. The molecule has 1 aromatic carbocycles. The predicted octanol–water partition coefficient (Wildman–Crippen LogP) is 2.55. The van der Waals surface area contributed by atoms with E-state index in [0.29, 0.717) is 6.61 Å². The summed E-state index contributed by atoms with van der Waals surface area (Å²) in [7, 11) is 0. The van der Waals surface area contributed by atoms with E-state index in [1.165, 1.54) is 9.77 Å². The van der Waals surface area contributed by atoms with Crippen LogP contribution in [0.2, 0.25) is 0 Å². The van der Waals surface area contributed by atoms with Gasteiger partial charge in [-0.05, 0) is 52.9 Å². The van der Waals surface area contributed by atoms with Gasteiger partial charge in [-0.2, -0.15) is 4.73 Å². The Morgan fingerprint density at radius 1 is 1.18 bits per heavy atom. The monoisotopic (exact) mass is 341 g/mol. The zero-order valence-electron chi connectivity index (χ0n) is 9.17. The van der Waals surface area contributed by atoms with Gasteiger partial charge >= 0.3 is 0 Å². The Bertz CT molecular complexity index is 485. The Morgan fingerprint density at radius 3 is 2.65 bits per heavy atom. The summed E-state index contributed by atoms with van der Waals surface area (Å²) >= 11 is 2.25. The van der Waals surface area contributed by atoms with E-state index in [9.17, 15) is 5.21 Å². The van der Waals surface area contributed by atoms with Crippen LogP contribution in [0.1, 0.15) is 5.56 Å². The van der Waals surface area contributed by atoms with Gasteiger partial charge in [-0.1, -0.05) is 0 Å². The molecule has 0 radical (unpaired) electrons. The van der Waals surface area contributed by atoms with E-state index in [-0.39, 0.29) is 0 Å². The highest BCUT2D eigenvalue weighted by Crippen LogP contribution is 2.13. The summed E-state index contributed by atoms with van der Waals surface area (Å²) in [5, 5.41) is 11.0. The van der Waals surface area contributed by atoms with Gasteiger partial charge in [-0.15, -0.1) is 0 Å². The van der Waals surface area contributed by atoms with Crippen molar-refractivity contribution >= 4 is 22.6 Å². The number of benzene rings is 1. The Balaban J connectivity index is 1.85. The summed E-state index contributed by atoms with van der Waals surface area (Å²) < 4.78 is 7.58. The first-order chi connectivity index (χ1) is 8.24. The van der Waals surface area contributed by atoms with Crippen LogP contribution in [0.3, 0.4) is 0 Å². The first-order valence-corrected chi connectivity index (χ1v) is 6.38. The van der Waals surface area contributed by atoms with Gasteiger partial charge in [-0.25, -0.2) is 0 Å². The van der Waals surface area contributed by atoms with Crippen LogP contribution in [0.5, 0.6) is 5.75 Å². The highest BCUT2D eigenvalue weighted by Gasteiger charge is 1.98. The van der Waals surface area contributed by atoms with Gasteiger partial charge in [0.1, 0.15) is 5.75 Å². The van der Waals surface area contributed by atoms with Gasteiger partial charge in [0.25, 0.3) is 0 Å². The Kier molecular flexibility index (Phi) is 4.19. The van der Waals surface area contributed by atoms with Gasteiger partial charge in [0.15, 0.2) is 12.4 Å². The van der Waals surface area contributed by atoms with Gasteiger partial charge in [0.05, 0.1) is 6.61 Å². The molecule has 0 aliphatic carbocycles. The number of hydrogen-bond donors (Lipinski definition) is 0. The van der Waals surface area contributed by atoms with Crippen LogP contribution in [0.25, 0.3) is 0 Å². The molecule has 4 heteroatoms. The standard InChI is InChI=1S/C13H12INO2/c14-12-3-5-13(6-4-12)17-9-7-11-2-1-8-15(16)10-11/h1-6,8,10H,7,9H2. The fraction of sp³-hybridized carbons (Fsp3) is 0.154. The lowest BCUT2D eigenvalue weighted by Crippen LogP contribution is -2.25. The molecule has 0 bridgehead atoms. The number of ether oxygens (including phenoxy) is 1. The largest absolute Gasteiger partial charge is 0.619 e. The zero-order valence-corrected chi connectivity index (χ0v) is 11.3. The second kappa shape index (κ2) is 5.86. The topological polar surface area (TPSA) is 36.2 Å². The summed E-state index contributed by atoms with van der Waals surface area (Å²) in [5.74, 6) is 0.858. The molecule has 0 unspecified atom stereocenters. The van der Waals surface area contributed by atoms with Crippen molar-refractivity contribution in [1.29, 1.82) is 0 Å². The minimum absolute atomic E-state index is 0.574. The fourth-order valence-electron chi connectivity index (χ4n) is 1.47. The molecule has 0 aliphatic heterocycles. The average Bonchev–Trinajstić information content (AvgIpc) is 2.32. The second-order valence-corrected chi connectivity index (χ2v) is 4.87. The van der Waals surface area contributed by atoms with E-state index in [4.69, 9.17) is 4.74 Å². The van der Waals surface area contributed by atoms with Crippen molar-refractivity contribution < 1.29 is 9.47 Å². The molecule has 0 amide bonds. The van der Waals surface area contributed by atoms with Crippen LogP contribution in [0.4, 0.5) is 0 Å². The molecule has 2 rings (SSSR count). The van der Waals surface area contributed by atoms with E-state index in [2.05, 4.69) is 22.6 Å². The number of halogens is 1. The summed E-state index contributed by atoms with van der Waals surface area (Å²) in [6, 6.07) is 11.6. The number of aromatic nitrogens is 1. The summed E-state index contributed by atoms with van der Waals surface area (Å²) in [5.41, 5.74) is 0.980. The van der Waals surface area contributed by atoms with Crippen LogP contribution >= 0.6 is 22.6 Å². The molecule has 0 saturated carbocycles. The molecule has 0 N–H and O–H groups in total. The molecule has 3 nitrogen and oxygen atoms in total. The molecule has 88 valence electrons. The highest BCUT2D eigenvalue weighted by atomic mass is 127. The summed E-state index contributed by atoms with van der Waals surface area (Å²) in [6.45, 7) is 0.574. The minimum atomic E-state index is 0.574. The van der Waals surface area contributed by atoms with E-state index < -0.39 is 0 Å². The van der Waals surface area contributed by atoms with Crippen molar-refractivity contribution in [2.24, 2.45) is 0 Å². The van der Waals surface area contributed by atoms with Crippen molar-refractivity contribution in [1.82, 2.24) is 0 Å². The minimum Gasteiger partial charge on any atom is -0.619 e. The Hall–Kier alpha value is -1.30. The Labute approximate surface area is 114 Å². The number of rotatable bonds is 4. The molecular weight excluding hydrogens is 329 g/mol. The molecule has 1 heterocycles. The van der Waals surface area contributed by atoms with Gasteiger partial charge in [-0.3, -0.25) is 0 Å². The lowest BCUT2D eigenvalue weighted by molar-refractivity contribution is -0.605. The van der Waals surface area contributed by atoms with Crippen LogP contribution in [0.15, 0.2) is 48.8 Å². The lowest BCUT2D eigenvalue weighted by Gasteiger charge is -2.06. The third-order valence-corrected chi connectivity index (χ3v) is 3.03. The molecule has 1 aromatic heterocycles. The molecule has 2 aromatic rings. The predicted molar refractivity (Wildman–Crippen MR) is 73.8 cm³/mol. The maximum Gasteiger partial charge on any atom is 0.183 e. The smallest absolute Gasteiger partial charge is 0.183 e. The number of pyridine rings is 1. The molecule has 0 saturated heterocycles. The maximum atomic E-state index is 11.0. The lowest BCUT2D eigenvalue weighted by atomic mass is 10.2. The van der Waals surface area contributed by atoms with Crippen molar-refractivity contribution in [3.8, 4) is 5.75 Å². The van der Waals surface area contributed by atoms with E-state index in [0.717, 1.165) is 22.5 Å². The van der Waals surface area contributed by atoms with Gasteiger partial charge in [0.2, 0.25) is 0 Å². The molecular formula is C13H12INO2. The van der Waals surface area contributed by atoms with E-state index in [1.54, 1.807) is 12.3 Å². The van der Waals surface area contributed by atoms with Crippen LogP contribution in [-0.2, 0) is 6.42 Å². The normalized spacial score (nSPS) is 10.2. The zero-order chi connectivity index (χ0) is 12.1. The summed E-state index contributed by atoms with van der Waals surface area (Å²) in [6.07, 6.45) is 3.77. The fourth-order valence-corrected chi connectivity index (χ4v) is 1.83. The molecule has 0 aliphatic rings. The van der Waals surface area contributed by atoms with E-state index >= 15 is 0 Å². The summed E-state index contributed by atoms with van der Waals surface area (Å²) in [4.78, 5) is 0. The molecule has 17 heavy (non-hydrogen) atoms. The van der Waals surface area contributed by atoms with Gasteiger partial charge < -0.3 is 9.94 Å².